The lowest BCUT2D eigenvalue weighted by Crippen LogP contribution is -2.10. The second-order valence-electron chi connectivity index (χ2n) is 3.79. The molecule has 1 aromatic carbocycles. The van der Waals surface area contributed by atoms with E-state index in [1.54, 1.807) is 18.2 Å². The van der Waals surface area contributed by atoms with Gasteiger partial charge in [-0.05, 0) is 37.7 Å². The minimum Gasteiger partial charge on any atom is -0.334 e. The molecule has 92 valence electrons. The van der Waals surface area contributed by atoms with E-state index in [0.717, 1.165) is 18.5 Å². The Balaban J connectivity index is 2.34. The van der Waals surface area contributed by atoms with Crippen molar-refractivity contribution in [2.45, 2.75) is 12.6 Å². The summed E-state index contributed by atoms with van der Waals surface area (Å²) in [7, 11) is 1.83. The molecule has 0 aliphatic carbocycles. The quantitative estimate of drug-likeness (QED) is 0.868. The number of benzene rings is 1. The number of imidazole rings is 1. The van der Waals surface area contributed by atoms with Crippen molar-refractivity contribution in [3.8, 4) is 0 Å². The van der Waals surface area contributed by atoms with Crippen molar-refractivity contribution in [2.24, 2.45) is 0 Å². The molecule has 0 aliphatic heterocycles. The van der Waals surface area contributed by atoms with Crippen LogP contribution in [0, 0.1) is 0 Å². The molecule has 2 N–H and O–H groups in total. The molecule has 2 aromatic rings. The Morgan fingerprint density at radius 3 is 2.76 bits per heavy atom. The van der Waals surface area contributed by atoms with Gasteiger partial charge in [-0.25, -0.2) is 4.98 Å². The van der Waals surface area contributed by atoms with E-state index in [4.69, 9.17) is 0 Å². The molecule has 0 fully saturated rings. The monoisotopic (exact) mass is 243 g/mol. The van der Waals surface area contributed by atoms with E-state index >= 15 is 0 Å². The lowest BCUT2D eigenvalue weighted by Gasteiger charge is -2.00. The Morgan fingerprint density at radius 2 is 2.12 bits per heavy atom. The van der Waals surface area contributed by atoms with Gasteiger partial charge in [-0.3, -0.25) is 0 Å². The number of aromatic nitrogens is 2. The van der Waals surface area contributed by atoms with Crippen LogP contribution in [-0.2, 0) is 12.6 Å². The van der Waals surface area contributed by atoms with E-state index in [0.29, 0.717) is 11.0 Å². The van der Waals surface area contributed by atoms with E-state index in [-0.39, 0.29) is 0 Å². The van der Waals surface area contributed by atoms with Crippen molar-refractivity contribution in [3.63, 3.8) is 0 Å². The third-order valence-electron chi connectivity index (χ3n) is 2.48. The third-order valence-corrected chi connectivity index (χ3v) is 2.48. The van der Waals surface area contributed by atoms with Crippen LogP contribution in [0.5, 0.6) is 0 Å². The molecule has 0 radical (unpaired) electrons. The van der Waals surface area contributed by atoms with E-state index in [1.807, 2.05) is 7.05 Å². The molecule has 0 spiro atoms. The highest BCUT2D eigenvalue weighted by Gasteiger charge is 2.34. The number of hydrogen-bond donors (Lipinski definition) is 2. The molecular formula is C11H12F3N3. The van der Waals surface area contributed by atoms with Crippen molar-refractivity contribution in [2.75, 3.05) is 13.6 Å². The van der Waals surface area contributed by atoms with Gasteiger partial charge in [0, 0.05) is 0 Å². The maximum Gasteiger partial charge on any atom is 0.449 e. The van der Waals surface area contributed by atoms with Crippen molar-refractivity contribution in [3.05, 3.63) is 29.6 Å². The Kier molecular flexibility index (Phi) is 3.06. The summed E-state index contributed by atoms with van der Waals surface area (Å²) in [6, 6.07) is 5.10. The number of alkyl halides is 3. The standard InChI is InChI=1S/C11H12F3N3/c1-15-5-4-7-2-3-8-9(6-7)17-10(16-8)11(12,13)14/h2-3,6,15H,4-5H2,1H3,(H,16,17). The van der Waals surface area contributed by atoms with Crippen LogP contribution in [0.25, 0.3) is 11.0 Å². The number of H-pyrrole nitrogens is 1. The van der Waals surface area contributed by atoms with Gasteiger partial charge < -0.3 is 10.3 Å². The first kappa shape index (κ1) is 11.9. The normalized spacial score (nSPS) is 12.2. The van der Waals surface area contributed by atoms with Gasteiger partial charge in [0.15, 0.2) is 0 Å². The van der Waals surface area contributed by atoms with Gasteiger partial charge in [0.05, 0.1) is 11.0 Å². The number of aromatic amines is 1. The summed E-state index contributed by atoms with van der Waals surface area (Å²) in [6.45, 7) is 0.784. The molecule has 2 rings (SSSR count). The maximum absolute atomic E-state index is 12.4. The van der Waals surface area contributed by atoms with Crippen LogP contribution in [0.4, 0.5) is 13.2 Å². The topological polar surface area (TPSA) is 40.7 Å². The molecule has 0 amide bonds. The molecule has 17 heavy (non-hydrogen) atoms. The first-order valence-corrected chi connectivity index (χ1v) is 5.21. The molecule has 1 heterocycles. The first-order valence-electron chi connectivity index (χ1n) is 5.21. The molecule has 3 nitrogen and oxygen atoms in total. The Hall–Kier alpha value is -1.56. The minimum atomic E-state index is -4.43. The SMILES string of the molecule is CNCCc1ccc2nc(C(F)(F)F)[nH]c2c1. The zero-order chi connectivity index (χ0) is 12.5. The number of likely N-dealkylation sites (N-methyl/N-ethyl adjacent to an activating group) is 1. The highest BCUT2D eigenvalue weighted by molar-refractivity contribution is 5.76. The molecule has 0 aliphatic rings. The maximum atomic E-state index is 12.4. The first-order chi connectivity index (χ1) is 8.00. The van der Waals surface area contributed by atoms with Crippen molar-refractivity contribution in [1.29, 1.82) is 0 Å². The molecular weight excluding hydrogens is 231 g/mol. The van der Waals surface area contributed by atoms with Crippen LogP contribution in [-0.4, -0.2) is 23.6 Å². The highest BCUT2D eigenvalue weighted by Crippen LogP contribution is 2.28. The average molecular weight is 243 g/mol. The second kappa shape index (κ2) is 4.37. The molecule has 0 bridgehead atoms. The Labute approximate surface area is 96.0 Å². The van der Waals surface area contributed by atoms with Gasteiger partial charge in [-0.1, -0.05) is 6.07 Å². The fourth-order valence-electron chi connectivity index (χ4n) is 1.62. The van der Waals surface area contributed by atoms with Crippen molar-refractivity contribution >= 4 is 11.0 Å². The third kappa shape index (κ3) is 2.58. The fraction of sp³-hybridized carbons (Fsp3) is 0.364. The number of rotatable bonds is 3. The van der Waals surface area contributed by atoms with E-state index < -0.39 is 12.0 Å². The molecule has 0 saturated carbocycles. The molecule has 0 unspecified atom stereocenters. The van der Waals surface area contributed by atoms with Crippen LogP contribution in [0.2, 0.25) is 0 Å². The summed E-state index contributed by atoms with van der Waals surface area (Å²) in [5, 5.41) is 2.99. The van der Waals surface area contributed by atoms with Crippen LogP contribution in [0.3, 0.4) is 0 Å². The summed E-state index contributed by atoms with van der Waals surface area (Å²) in [6.07, 6.45) is -3.66. The Bertz CT molecular complexity index is 516. The molecule has 0 atom stereocenters. The van der Waals surface area contributed by atoms with Gasteiger partial charge in [-0.15, -0.1) is 0 Å². The summed E-state index contributed by atoms with van der Waals surface area (Å²) >= 11 is 0. The second-order valence-corrected chi connectivity index (χ2v) is 3.79. The van der Waals surface area contributed by atoms with Crippen LogP contribution < -0.4 is 5.32 Å². The van der Waals surface area contributed by atoms with E-state index in [9.17, 15) is 13.2 Å². The van der Waals surface area contributed by atoms with Gasteiger partial charge in [0.1, 0.15) is 0 Å². The molecule has 1 aromatic heterocycles. The number of halogens is 3. The lowest BCUT2D eigenvalue weighted by molar-refractivity contribution is -0.144. The minimum absolute atomic E-state index is 0.338. The van der Waals surface area contributed by atoms with Crippen LogP contribution in [0.1, 0.15) is 11.4 Å². The smallest absolute Gasteiger partial charge is 0.334 e. The molecule has 0 saturated heterocycles. The zero-order valence-corrected chi connectivity index (χ0v) is 9.23. The molecule has 6 heteroatoms. The fourth-order valence-corrected chi connectivity index (χ4v) is 1.62. The lowest BCUT2D eigenvalue weighted by atomic mass is 10.1. The Morgan fingerprint density at radius 1 is 1.35 bits per heavy atom. The zero-order valence-electron chi connectivity index (χ0n) is 9.23. The largest absolute Gasteiger partial charge is 0.449 e. The number of nitrogens with one attached hydrogen (secondary N) is 2. The highest BCUT2D eigenvalue weighted by atomic mass is 19.4. The van der Waals surface area contributed by atoms with E-state index in [1.165, 1.54) is 0 Å². The predicted octanol–water partition coefficient (Wildman–Crippen LogP) is 2.34. The van der Waals surface area contributed by atoms with Gasteiger partial charge in [0.25, 0.3) is 0 Å². The van der Waals surface area contributed by atoms with Crippen molar-refractivity contribution < 1.29 is 13.2 Å². The predicted molar refractivity (Wildman–Crippen MR) is 58.7 cm³/mol. The van der Waals surface area contributed by atoms with Gasteiger partial charge in [0.2, 0.25) is 5.82 Å². The summed E-state index contributed by atoms with van der Waals surface area (Å²) in [5.41, 5.74) is 1.74. The number of hydrogen-bond acceptors (Lipinski definition) is 2. The number of nitrogens with zero attached hydrogens (tertiary/aromatic N) is 1. The summed E-state index contributed by atoms with van der Waals surface area (Å²) in [4.78, 5) is 5.81. The van der Waals surface area contributed by atoms with Gasteiger partial charge in [-0.2, -0.15) is 13.2 Å². The summed E-state index contributed by atoms with van der Waals surface area (Å²) < 4.78 is 37.3. The van der Waals surface area contributed by atoms with Crippen LogP contribution >= 0.6 is 0 Å². The average Bonchev–Trinajstić information content (AvgIpc) is 2.68. The van der Waals surface area contributed by atoms with Crippen LogP contribution in [0.15, 0.2) is 18.2 Å². The summed E-state index contributed by atoms with van der Waals surface area (Å²) in [5.74, 6) is -0.946. The number of fused-ring (bicyclic) bond motifs is 1. The van der Waals surface area contributed by atoms with Crippen molar-refractivity contribution in [1.82, 2.24) is 15.3 Å². The van der Waals surface area contributed by atoms with Gasteiger partial charge >= 0.3 is 6.18 Å². The van der Waals surface area contributed by atoms with E-state index in [2.05, 4.69) is 15.3 Å².